The first-order valence-electron chi connectivity index (χ1n) is 8.14. The fourth-order valence-electron chi connectivity index (χ4n) is 2.73. The third-order valence-electron chi connectivity index (χ3n) is 3.94. The Morgan fingerprint density at radius 1 is 1.38 bits per heavy atom. The highest BCUT2D eigenvalue weighted by atomic mass is 35.5. The van der Waals surface area contributed by atoms with E-state index in [0.29, 0.717) is 24.7 Å². The Morgan fingerprint density at radius 3 is 2.88 bits per heavy atom. The summed E-state index contributed by atoms with van der Waals surface area (Å²) in [4.78, 5) is 26.1. The van der Waals surface area contributed by atoms with Gasteiger partial charge in [0.25, 0.3) is 0 Å². The van der Waals surface area contributed by atoms with Gasteiger partial charge in [-0.15, -0.1) is 12.4 Å². The van der Waals surface area contributed by atoms with E-state index in [1.807, 2.05) is 36.1 Å². The molecular formula is C17H25Cl2N3O2. The van der Waals surface area contributed by atoms with E-state index in [1.54, 1.807) is 0 Å². The molecule has 0 saturated carbocycles. The lowest BCUT2D eigenvalue weighted by atomic mass is 10.0. The average Bonchev–Trinajstić information content (AvgIpc) is 2.57. The topological polar surface area (TPSA) is 61.4 Å². The maximum Gasteiger partial charge on any atom is 0.223 e. The van der Waals surface area contributed by atoms with Crippen LogP contribution >= 0.6 is 24.0 Å². The number of carbonyl (C=O) groups excluding carboxylic acids is 2. The van der Waals surface area contributed by atoms with Crippen LogP contribution < -0.4 is 10.6 Å². The first kappa shape index (κ1) is 20.7. The fraction of sp³-hybridized carbons (Fsp3) is 0.529. The van der Waals surface area contributed by atoms with E-state index in [4.69, 9.17) is 11.6 Å². The molecule has 1 fully saturated rings. The number of nitrogens with one attached hydrogen (secondary N) is 2. The van der Waals surface area contributed by atoms with Crippen LogP contribution in [-0.2, 0) is 9.59 Å². The number of carbonyl (C=O) groups is 2. The summed E-state index contributed by atoms with van der Waals surface area (Å²) in [5.74, 6) is -0.0437. The van der Waals surface area contributed by atoms with Gasteiger partial charge in [0.2, 0.25) is 11.8 Å². The number of hydrogen-bond donors (Lipinski definition) is 2. The molecule has 1 aliphatic heterocycles. The molecule has 7 heteroatoms. The maximum absolute atomic E-state index is 12.5. The highest BCUT2D eigenvalue weighted by Gasteiger charge is 2.27. The van der Waals surface area contributed by atoms with Gasteiger partial charge >= 0.3 is 0 Å². The van der Waals surface area contributed by atoms with Crippen LogP contribution in [0.25, 0.3) is 0 Å². The molecule has 0 aliphatic carbocycles. The van der Waals surface area contributed by atoms with E-state index < -0.39 is 0 Å². The second-order valence-corrected chi connectivity index (χ2v) is 6.15. The van der Waals surface area contributed by atoms with Crippen LogP contribution in [0.1, 0.15) is 37.8 Å². The van der Waals surface area contributed by atoms with E-state index in [-0.39, 0.29) is 43.1 Å². The second-order valence-electron chi connectivity index (χ2n) is 5.71. The highest BCUT2D eigenvalue weighted by Crippen LogP contribution is 2.25. The van der Waals surface area contributed by atoms with Crippen molar-refractivity contribution in [3.05, 3.63) is 34.9 Å². The first-order valence-corrected chi connectivity index (χ1v) is 8.52. The number of halogens is 2. The smallest absolute Gasteiger partial charge is 0.223 e. The summed E-state index contributed by atoms with van der Waals surface area (Å²) in [7, 11) is 0. The Labute approximate surface area is 154 Å². The van der Waals surface area contributed by atoms with Crippen LogP contribution in [-0.4, -0.2) is 42.9 Å². The van der Waals surface area contributed by atoms with Crippen LogP contribution in [0.4, 0.5) is 0 Å². The first-order chi connectivity index (χ1) is 11.1. The standard InChI is InChI=1S/C17H24ClN3O2.ClH/c1-2-8-20-16(22)6-7-17(23)21-10-9-19-12-15(21)13-4-3-5-14(18)11-13;/h3-5,11,15,19H,2,6-10,12H2,1H3,(H,20,22);1H. The number of benzene rings is 1. The minimum atomic E-state index is -0.0605. The van der Waals surface area contributed by atoms with Crippen LogP contribution in [0.2, 0.25) is 5.02 Å². The van der Waals surface area contributed by atoms with Crippen molar-refractivity contribution >= 4 is 35.8 Å². The fourth-order valence-corrected chi connectivity index (χ4v) is 2.93. The summed E-state index contributed by atoms with van der Waals surface area (Å²) < 4.78 is 0. The summed E-state index contributed by atoms with van der Waals surface area (Å²) >= 11 is 6.07. The zero-order chi connectivity index (χ0) is 16.7. The summed E-state index contributed by atoms with van der Waals surface area (Å²) in [5, 5.41) is 6.78. The van der Waals surface area contributed by atoms with Crippen LogP contribution in [0.5, 0.6) is 0 Å². The van der Waals surface area contributed by atoms with E-state index in [2.05, 4.69) is 10.6 Å². The Balaban J connectivity index is 0.00000288. The number of piperazine rings is 1. The lowest BCUT2D eigenvalue weighted by Gasteiger charge is -2.36. The van der Waals surface area contributed by atoms with Gasteiger partial charge in [-0.05, 0) is 24.1 Å². The van der Waals surface area contributed by atoms with Crippen LogP contribution in [0, 0.1) is 0 Å². The Kier molecular flexibility index (Phi) is 9.11. The molecular weight excluding hydrogens is 349 g/mol. The molecule has 2 amide bonds. The maximum atomic E-state index is 12.5. The third-order valence-corrected chi connectivity index (χ3v) is 4.17. The molecule has 1 aromatic carbocycles. The van der Waals surface area contributed by atoms with E-state index in [1.165, 1.54) is 0 Å². The van der Waals surface area contributed by atoms with Crippen molar-refractivity contribution in [3.8, 4) is 0 Å². The minimum Gasteiger partial charge on any atom is -0.356 e. The monoisotopic (exact) mass is 373 g/mol. The van der Waals surface area contributed by atoms with Crippen molar-refractivity contribution < 1.29 is 9.59 Å². The number of amides is 2. The van der Waals surface area contributed by atoms with Crippen molar-refractivity contribution in [2.24, 2.45) is 0 Å². The molecule has 134 valence electrons. The largest absolute Gasteiger partial charge is 0.356 e. The van der Waals surface area contributed by atoms with Gasteiger partial charge in [0.15, 0.2) is 0 Å². The average molecular weight is 374 g/mol. The number of rotatable bonds is 6. The summed E-state index contributed by atoms with van der Waals surface area (Å²) in [6.07, 6.45) is 1.38. The van der Waals surface area contributed by atoms with Crippen molar-refractivity contribution in [2.45, 2.75) is 32.2 Å². The van der Waals surface area contributed by atoms with Gasteiger partial charge in [0.05, 0.1) is 6.04 Å². The van der Waals surface area contributed by atoms with E-state index in [0.717, 1.165) is 18.5 Å². The van der Waals surface area contributed by atoms with Crippen molar-refractivity contribution in [3.63, 3.8) is 0 Å². The van der Waals surface area contributed by atoms with E-state index in [9.17, 15) is 9.59 Å². The van der Waals surface area contributed by atoms with Crippen molar-refractivity contribution in [1.82, 2.24) is 15.5 Å². The molecule has 1 aromatic rings. The van der Waals surface area contributed by atoms with Gasteiger partial charge in [0, 0.05) is 44.0 Å². The Morgan fingerprint density at radius 2 is 2.17 bits per heavy atom. The normalized spacial score (nSPS) is 17.1. The lowest BCUT2D eigenvalue weighted by molar-refractivity contribution is -0.136. The molecule has 0 spiro atoms. The minimum absolute atomic E-state index is 0. The van der Waals surface area contributed by atoms with Gasteiger partial charge < -0.3 is 15.5 Å². The zero-order valence-corrected chi connectivity index (χ0v) is 15.5. The molecule has 1 saturated heterocycles. The molecule has 1 atom stereocenters. The zero-order valence-electron chi connectivity index (χ0n) is 13.9. The quantitative estimate of drug-likeness (QED) is 0.805. The molecule has 5 nitrogen and oxygen atoms in total. The molecule has 1 aliphatic rings. The Hall–Kier alpha value is -1.30. The van der Waals surface area contributed by atoms with Gasteiger partial charge in [0.1, 0.15) is 0 Å². The summed E-state index contributed by atoms with van der Waals surface area (Å²) in [6.45, 7) is 4.78. The van der Waals surface area contributed by atoms with Gasteiger partial charge in [-0.2, -0.15) is 0 Å². The van der Waals surface area contributed by atoms with Gasteiger partial charge in [-0.1, -0.05) is 30.7 Å². The molecule has 1 heterocycles. The molecule has 1 unspecified atom stereocenters. The molecule has 2 rings (SSSR count). The molecule has 0 aromatic heterocycles. The third kappa shape index (κ3) is 5.96. The summed E-state index contributed by atoms with van der Waals surface area (Å²) in [6, 6.07) is 7.57. The molecule has 24 heavy (non-hydrogen) atoms. The molecule has 0 radical (unpaired) electrons. The lowest BCUT2D eigenvalue weighted by Crippen LogP contribution is -2.48. The predicted molar refractivity (Wildman–Crippen MR) is 98.6 cm³/mol. The molecule has 2 N–H and O–H groups in total. The molecule has 0 bridgehead atoms. The Bertz CT molecular complexity index is 554. The van der Waals surface area contributed by atoms with Crippen LogP contribution in [0.15, 0.2) is 24.3 Å². The van der Waals surface area contributed by atoms with Crippen molar-refractivity contribution in [1.29, 1.82) is 0 Å². The predicted octanol–water partition coefficient (Wildman–Crippen LogP) is 2.54. The van der Waals surface area contributed by atoms with Crippen LogP contribution in [0.3, 0.4) is 0 Å². The number of nitrogens with zero attached hydrogens (tertiary/aromatic N) is 1. The van der Waals surface area contributed by atoms with E-state index >= 15 is 0 Å². The summed E-state index contributed by atoms with van der Waals surface area (Å²) in [5.41, 5.74) is 1.02. The van der Waals surface area contributed by atoms with Crippen molar-refractivity contribution in [2.75, 3.05) is 26.2 Å². The highest BCUT2D eigenvalue weighted by molar-refractivity contribution is 6.30. The van der Waals surface area contributed by atoms with Gasteiger partial charge in [-0.3, -0.25) is 9.59 Å². The number of hydrogen-bond acceptors (Lipinski definition) is 3. The van der Waals surface area contributed by atoms with Gasteiger partial charge in [-0.25, -0.2) is 0 Å². The second kappa shape index (κ2) is 10.5. The SMILES string of the molecule is CCCNC(=O)CCC(=O)N1CCNCC1c1cccc(Cl)c1.Cl.